The molecule has 1 fully saturated rings. The maximum Gasteiger partial charge on any atom is 0.293 e. The molecule has 0 aromatic heterocycles. The summed E-state index contributed by atoms with van der Waals surface area (Å²) in [6.07, 6.45) is 1.73. The SMILES string of the molecule is O=C1S/C(=C/c2cccc(Oc3ccccc3)c2)C(=O)N1Cc1ccccc1. The van der Waals surface area contributed by atoms with E-state index in [1.165, 1.54) is 4.90 Å². The fraction of sp³-hybridized carbons (Fsp3) is 0.0435. The monoisotopic (exact) mass is 387 g/mol. The number of nitrogens with zero attached hydrogens (tertiary/aromatic N) is 1. The van der Waals surface area contributed by atoms with E-state index < -0.39 is 0 Å². The Morgan fingerprint density at radius 1 is 0.821 bits per heavy atom. The van der Waals surface area contributed by atoms with E-state index in [1.807, 2.05) is 84.9 Å². The highest BCUT2D eigenvalue weighted by Gasteiger charge is 2.34. The standard InChI is InChI=1S/C23H17NO3S/c25-22-21(28-23(26)24(22)16-17-8-3-1-4-9-17)15-18-10-7-13-20(14-18)27-19-11-5-2-6-12-19/h1-15H,16H2/b21-15+. The molecule has 0 aliphatic carbocycles. The minimum Gasteiger partial charge on any atom is -0.457 e. The lowest BCUT2D eigenvalue weighted by Crippen LogP contribution is -2.27. The summed E-state index contributed by atoms with van der Waals surface area (Å²) >= 11 is 0.963. The van der Waals surface area contributed by atoms with E-state index in [9.17, 15) is 9.59 Å². The predicted octanol–water partition coefficient (Wildman–Crippen LogP) is 5.72. The van der Waals surface area contributed by atoms with E-state index in [0.29, 0.717) is 10.7 Å². The summed E-state index contributed by atoms with van der Waals surface area (Å²) in [5.74, 6) is 1.14. The fourth-order valence-electron chi connectivity index (χ4n) is 2.85. The van der Waals surface area contributed by atoms with Crippen molar-refractivity contribution in [3.05, 3.63) is 101 Å². The Morgan fingerprint density at radius 3 is 2.25 bits per heavy atom. The van der Waals surface area contributed by atoms with Crippen LogP contribution >= 0.6 is 11.8 Å². The zero-order chi connectivity index (χ0) is 19.3. The molecule has 2 amide bonds. The summed E-state index contributed by atoms with van der Waals surface area (Å²) in [7, 11) is 0. The van der Waals surface area contributed by atoms with Gasteiger partial charge in [0.1, 0.15) is 11.5 Å². The van der Waals surface area contributed by atoms with E-state index in [0.717, 1.165) is 28.6 Å². The molecular weight excluding hydrogens is 370 g/mol. The first-order valence-corrected chi connectivity index (χ1v) is 9.63. The third-order valence-electron chi connectivity index (χ3n) is 4.19. The first-order valence-electron chi connectivity index (χ1n) is 8.81. The summed E-state index contributed by atoms with van der Waals surface area (Å²) < 4.78 is 5.83. The van der Waals surface area contributed by atoms with E-state index in [4.69, 9.17) is 4.74 Å². The Morgan fingerprint density at radius 2 is 1.50 bits per heavy atom. The second-order valence-electron chi connectivity index (χ2n) is 6.24. The van der Waals surface area contributed by atoms with Crippen LogP contribution in [0.1, 0.15) is 11.1 Å². The van der Waals surface area contributed by atoms with Crippen LogP contribution in [0.3, 0.4) is 0 Å². The second kappa shape index (κ2) is 8.15. The maximum atomic E-state index is 12.7. The molecule has 4 nitrogen and oxygen atoms in total. The van der Waals surface area contributed by atoms with Crippen LogP contribution in [0.4, 0.5) is 4.79 Å². The Kier molecular flexibility index (Phi) is 5.26. The largest absolute Gasteiger partial charge is 0.457 e. The molecule has 5 heteroatoms. The molecule has 3 aromatic carbocycles. The van der Waals surface area contributed by atoms with Gasteiger partial charge in [0.2, 0.25) is 0 Å². The average Bonchev–Trinajstić information content (AvgIpc) is 2.97. The van der Waals surface area contributed by atoms with Crippen molar-refractivity contribution in [2.45, 2.75) is 6.54 Å². The molecule has 138 valence electrons. The number of para-hydroxylation sites is 1. The van der Waals surface area contributed by atoms with Crippen molar-refractivity contribution >= 4 is 29.0 Å². The molecule has 4 rings (SSSR count). The molecule has 0 radical (unpaired) electrons. The third kappa shape index (κ3) is 4.15. The first-order chi connectivity index (χ1) is 13.7. The smallest absolute Gasteiger partial charge is 0.293 e. The van der Waals surface area contributed by atoms with Gasteiger partial charge in [-0.1, -0.05) is 60.7 Å². The molecule has 0 bridgehead atoms. The van der Waals surface area contributed by atoms with Gasteiger partial charge in [0.25, 0.3) is 11.1 Å². The van der Waals surface area contributed by atoms with Crippen LogP contribution in [0, 0.1) is 0 Å². The Balaban J connectivity index is 1.52. The van der Waals surface area contributed by atoms with Crippen LogP contribution < -0.4 is 4.74 Å². The van der Waals surface area contributed by atoms with Crippen molar-refractivity contribution < 1.29 is 14.3 Å². The van der Waals surface area contributed by atoms with E-state index >= 15 is 0 Å². The summed E-state index contributed by atoms with van der Waals surface area (Å²) in [6.45, 7) is 0.278. The average molecular weight is 387 g/mol. The summed E-state index contributed by atoms with van der Waals surface area (Å²) in [6, 6.07) is 26.4. The Labute approximate surface area is 167 Å². The topological polar surface area (TPSA) is 46.6 Å². The van der Waals surface area contributed by atoms with Crippen LogP contribution in [0.2, 0.25) is 0 Å². The molecule has 0 N–H and O–H groups in total. The molecule has 0 saturated carbocycles. The van der Waals surface area contributed by atoms with Gasteiger partial charge in [-0.15, -0.1) is 0 Å². The van der Waals surface area contributed by atoms with Crippen molar-refractivity contribution in [3.8, 4) is 11.5 Å². The van der Waals surface area contributed by atoms with Gasteiger partial charge in [-0.25, -0.2) is 0 Å². The molecule has 1 saturated heterocycles. The number of imide groups is 1. The van der Waals surface area contributed by atoms with E-state index in [-0.39, 0.29) is 17.7 Å². The molecule has 3 aromatic rings. The molecular formula is C23H17NO3S. The zero-order valence-corrected chi connectivity index (χ0v) is 15.8. The maximum absolute atomic E-state index is 12.7. The zero-order valence-electron chi connectivity index (χ0n) is 14.9. The number of carbonyl (C=O) groups excluding carboxylic acids is 2. The van der Waals surface area contributed by atoms with Crippen molar-refractivity contribution in [2.24, 2.45) is 0 Å². The number of hydrogen-bond donors (Lipinski definition) is 0. The molecule has 1 aliphatic heterocycles. The van der Waals surface area contributed by atoms with Gasteiger partial charge in [0.15, 0.2) is 0 Å². The number of rotatable bonds is 5. The van der Waals surface area contributed by atoms with E-state index in [1.54, 1.807) is 6.08 Å². The van der Waals surface area contributed by atoms with Crippen molar-refractivity contribution in [3.63, 3.8) is 0 Å². The third-order valence-corrected chi connectivity index (χ3v) is 5.10. The van der Waals surface area contributed by atoms with Crippen molar-refractivity contribution in [1.82, 2.24) is 4.90 Å². The second-order valence-corrected chi connectivity index (χ2v) is 7.23. The lowest BCUT2D eigenvalue weighted by atomic mass is 10.2. The van der Waals surface area contributed by atoms with E-state index in [2.05, 4.69) is 0 Å². The molecule has 28 heavy (non-hydrogen) atoms. The molecule has 0 unspecified atom stereocenters. The number of hydrogen-bond acceptors (Lipinski definition) is 4. The highest BCUT2D eigenvalue weighted by Crippen LogP contribution is 2.34. The minimum absolute atomic E-state index is 0.253. The Bertz CT molecular complexity index is 1030. The van der Waals surface area contributed by atoms with Gasteiger partial charge in [0, 0.05) is 0 Å². The number of amides is 2. The van der Waals surface area contributed by atoms with Crippen LogP contribution in [0.15, 0.2) is 89.8 Å². The molecule has 0 atom stereocenters. The van der Waals surface area contributed by atoms with Crippen LogP contribution in [0.5, 0.6) is 11.5 Å². The highest BCUT2D eigenvalue weighted by atomic mass is 32.2. The van der Waals surface area contributed by atoms with Crippen LogP contribution in [0.25, 0.3) is 6.08 Å². The summed E-state index contributed by atoms with van der Waals surface area (Å²) in [4.78, 5) is 26.7. The Hall–Kier alpha value is -3.31. The summed E-state index contributed by atoms with van der Waals surface area (Å²) in [5, 5.41) is -0.253. The normalized spacial score (nSPS) is 15.3. The summed E-state index contributed by atoms with van der Waals surface area (Å²) in [5.41, 5.74) is 1.72. The fourth-order valence-corrected chi connectivity index (χ4v) is 3.68. The minimum atomic E-state index is -0.270. The number of ether oxygens (including phenoxy) is 1. The lowest BCUT2D eigenvalue weighted by molar-refractivity contribution is -0.123. The lowest BCUT2D eigenvalue weighted by Gasteiger charge is -2.12. The highest BCUT2D eigenvalue weighted by molar-refractivity contribution is 8.18. The molecule has 1 heterocycles. The van der Waals surface area contributed by atoms with Gasteiger partial charge in [0.05, 0.1) is 11.4 Å². The van der Waals surface area contributed by atoms with Gasteiger partial charge in [-0.05, 0) is 53.2 Å². The number of benzene rings is 3. The van der Waals surface area contributed by atoms with Crippen LogP contribution in [-0.4, -0.2) is 16.0 Å². The van der Waals surface area contributed by atoms with Crippen molar-refractivity contribution in [1.29, 1.82) is 0 Å². The molecule has 0 spiro atoms. The predicted molar refractivity (Wildman–Crippen MR) is 111 cm³/mol. The van der Waals surface area contributed by atoms with Crippen molar-refractivity contribution in [2.75, 3.05) is 0 Å². The van der Waals surface area contributed by atoms with Crippen LogP contribution in [-0.2, 0) is 11.3 Å². The van der Waals surface area contributed by atoms with Gasteiger partial charge >= 0.3 is 0 Å². The molecule has 1 aliphatic rings. The van der Waals surface area contributed by atoms with Gasteiger partial charge in [-0.3, -0.25) is 14.5 Å². The first kappa shape index (κ1) is 18.1. The van der Waals surface area contributed by atoms with Gasteiger partial charge in [-0.2, -0.15) is 0 Å². The quantitative estimate of drug-likeness (QED) is 0.526. The number of carbonyl (C=O) groups is 2. The van der Waals surface area contributed by atoms with Gasteiger partial charge < -0.3 is 4.74 Å². The number of thioether (sulfide) groups is 1.